The minimum atomic E-state index is -4.17. The van der Waals surface area contributed by atoms with Crippen molar-refractivity contribution >= 4 is 50.7 Å². The van der Waals surface area contributed by atoms with Crippen LogP contribution >= 0.6 is 23.2 Å². The first-order chi connectivity index (χ1) is 18.6. The van der Waals surface area contributed by atoms with E-state index in [2.05, 4.69) is 5.32 Å². The van der Waals surface area contributed by atoms with Crippen molar-refractivity contribution in [3.8, 4) is 0 Å². The molecule has 0 saturated heterocycles. The Morgan fingerprint density at radius 2 is 1.62 bits per heavy atom. The Morgan fingerprint density at radius 3 is 2.26 bits per heavy atom. The number of rotatable bonds is 12. The highest BCUT2D eigenvalue weighted by Crippen LogP contribution is 2.31. The van der Waals surface area contributed by atoms with E-state index in [0.717, 1.165) is 28.3 Å². The molecule has 7 nitrogen and oxygen atoms in total. The van der Waals surface area contributed by atoms with Gasteiger partial charge in [0.25, 0.3) is 10.0 Å². The van der Waals surface area contributed by atoms with Gasteiger partial charge in [-0.2, -0.15) is 0 Å². The Bertz CT molecular complexity index is 1400. The highest BCUT2D eigenvalue weighted by molar-refractivity contribution is 7.92. The number of hydrogen-bond acceptors (Lipinski definition) is 4. The second-order valence-electron chi connectivity index (χ2n) is 9.19. The van der Waals surface area contributed by atoms with Gasteiger partial charge in [-0.25, -0.2) is 8.42 Å². The molecule has 0 bridgehead atoms. The van der Waals surface area contributed by atoms with Crippen LogP contribution < -0.4 is 9.62 Å². The van der Waals surface area contributed by atoms with Gasteiger partial charge in [0, 0.05) is 13.1 Å². The topological polar surface area (TPSA) is 86.8 Å². The van der Waals surface area contributed by atoms with Gasteiger partial charge in [-0.3, -0.25) is 13.9 Å². The molecule has 1 N–H and O–H groups in total. The summed E-state index contributed by atoms with van der Waals surface area (Å²) in [6.07, 6.45) is 1.72. The molecular formula is C29H33Cl2N3O4S. The molecule has 10 heteroatoms. The Morgan fingerprint density at radius 1 is 0.949 bits per heavy atom. The highest BCUT2D eigenvalue weighted by Gasteiger charge is 2.32. The van der Waals surface area contributed by atoms with Crippen LogP contribution in [0.4, 0.5) is 5.69 Å². The Hall–Kier alpha value is -3.07. The fraction of sp³-hybridized carbons (Fsp3) is 0.310. The number of hydrogen-bond donors (Lipinski definition) is 1. The average molecular weight is 591 g/mol. The van der Waals surface area contributed by atoms with Crippen LogP contribution in [0.2, 0.25) is 10.0 Å². The van der Waals surface area contributed by atoms with Crippen LogP contribution in [0.25, 0.3) is 0 Å². The van der Waals surface area contributed by atoms with Gasteiger partial charge in [-0.15, -0.1) is 0 Å². The number of halogens is 2. The molecule has 0 saturated carbocycles. The second-order valence-corrected chi connectivity index (χ2v) is 11.9. The molecule has 1 unspecified atom stereocenters. The van der Waals surface area contributed by atoms with E-state index in [1.165, 1.54) is 35.2 Å². The first kappa shape index (κ1) is 30.5. The van der Waals surface area contributed by atoms with Gasteiger partial charge in [-0.1, -0.05) is 79.0 Å². The van der Waals surface area contributed by atoms with Crippen molar-refractivity contribution in [3.63, 3.8) is 0 Å². The summed E-state index contributed by atoms with van der Waals surface area (Å²) in [6, 6.07) is 18.9. The molecule has 3 aromatic rings. The van der Waals surface area contributed by atoms with Crippen molar-refractivity contribution in [2.24, 2.45) is 0 Å². The van der Waals surface area contributed by atoms with Crippen molar-refractivity contribution in [1.29, 1.82) is 0 Å². The number of anilines is 1. The monoisotopic (exact) mass is 589 g/mol. The van der Waals surface area contributed by atoms with Crippen molar-refractivity contribution in [1.82, 2.24) is 10.2 Å². The molecule has 208 valence electrons. The van der Waals surface area contributed by atoms with Gasteiger partial charge < -0.3 is 10.2 Å². The molecule has 0 aliphatic rings. The molecule has 3 aromatic carbocycles. The van der Waals surface area contributed by atoms with Crippen LogP contribution in [-0.4, -0.2) is 44.3 Å². The van der Waals surface area contributed by atoms with Crippen LogP contribution in [0, 0.1) is 6.92 Å². The summed E-state index contributed by atoms with van der Waals surface area (Å²) in [4.78, 5) is 28.4. The summed E-state index contributed by atoms with van der Waals surface area (Å²) in [5, 5.41) is 3.28. The number of nitrogens with one attached hydrogen (secondary N) is 1. The predicted octanol–water partition coefficient (Wildman–Crippen LogP) is 5.83. The van der Waals surface area contributed by atoms with Crippen LogP contribution in [0.5, 0.6) is 0 Å². The molecule has 0 aliphatic carbocycles. The summed E-state index contributed by atoms with van der Waals surface area (Å²) in [7, 11) is -4.17. The van der Waals surface area contributed by atoms with Crippen LogP contribution in [0.3, 0.4) is 0 Å². The summed E-state index contributed by atoms with van der Waals surface area (Å²) in [5.41, 5.74) is 1.98. The molecule has 0 radical (unpaired) electrons. The third kappa shape index (κ3) is 7.75. The number of amides is 2. The fourth-order valence-electron chi connectivity index (χ4n) is 3.98. The smallest absolute Gasteiger partial charge is 0.264 e. The zero-order chi connectivity index (χ0) is 28.6. The van der Waals surface area contributed by atoms with Gasteiger partial charge >= 0.3 is 0 Å². The maximum Gasteiger partial charge on any atom is 0.264 e. The minimum absolute atomic E-state index is 0.0136. The minimum Gasteiger partial charge on any atom is -0.354 e. The van der Waals surface area contributed by atoms with E-state index in [4.69, 9.17) is 23.2 Å². The second kappa shape index (κ2) is 13.8. The molecule has 0 spiro atoms. The number of carbonyl (C=O) groups excluding carboxylic acids is 2. The molecule has 0 heterocycles. The lowest BCUT2D eigenvalue weighted by molar-refractivity contribution is -0.139. The van der Waals surface area contributed by atoms with Crippen LogP contribution in [0.15, 0.2) is 77.7 Å². The van der Waals surface area contributed by atoms with Gasteiger partial charge in [-0.05, 0) is 61.7 Å². The first-order valence-electron chi connectivity index (χ1n) is 12.7. The number of unbranched alkanes of at least 4 members (excludes halogenated alkanes) is 1. The lowest BCUT2D eigenvalue weighted by Crippen LogP contribution is -2.51. The average Bonchev–Trinajstić information content (AvgIpc) is 2.92. The van der Waals surface area contributed by atoms with E-state index >= 15 is 0 Å². The van der Waals surface area contributed by atoms with E-state index in [0.29, 0.717) is 6.54 Å². The third-order valence-corrected chi connectivity index (χ3v) is 8.93. The molecule has 0 fully saturated rings. The van der Waals surface area contributed by atoms with E-state index in [9.17, 15) is 18.0 Å². The molecular weight excluding hydrogens is 557 g/mol. The van der Waals surface area contributed by atoms with E-state index in [1.54, 1.807) is 25.1 Å². The zero-order valence-electron chi connectivity index (χ0n) is 22.2. The van der Waals surface area contributed by atoms with Gasteiger partial charge in [0.1, 0.15) is 12.6 Å². The summed E-state index contributed by atoms with van der Waals surface area (Å²) in [5.74, 6) is -0.848. The molecule has 0 aliphatic heterocycles. The van der Waals surface area contributed by atoms with Crippen molar-refractivity contribution < 1.29 is 18.0 Å². The number of sulfonamides is 1. The number of nitrogens with zero attached hydrogens (tertiary/aromatic N) is 2. The summed E-state index contributed by atoms with van der Waals surface area (Å²) >= 11 is 12.3. The van der Waals surface area contributed by atoms with Gasteiger partial charge in [0.2, 0.25) is 11.8 Å². The van der Waals surface area contributed by atoms with Crippen molar-refractivity contribution in [2.75, 3.05) is 17.4 Å². The fourth-order valence-corrected chi connectivity index (χ4v) is 5.70. The Labute approximate surface area is 240 Å². The van der Waals surface area contributed by atoms with Gasteiger partial charge in [0.05, 0.1) is 20.6 Å². The molecule has 0 aromatic heterocycles. The number of carbonyl (C=O) groups is 2. The quantitative estimate of drug-likeness (QED) is 0.269. The van der Waals surface area contributed by atoms with Crippen molar-refractivity contribution in [2.45, 2.75) is 51.1 Å². The van der Waals surface area contributed by atoms with Crippen LogP contribution in [-0.2, 0) is 26.2 Å². The zero-order valence-corrected chi connectivity index (χ0v) is 24.6. The molecule has 39 heavy (non-hydrogen) atoms. The number of benzene rings is 3. The molecule has 1 atom stereocenters. The first-order valence-corrected chi connectivity index (χ1v) is 14.9. The van der Waals surface area contributed by atoms with E-state index in [-0.39, 0.29) is 33.1 Å². The normalized spacial score (nSPS) is 12.0. The highest BCUT2D eigenvalue weighted by atomic mass is 35.5. The Kier molecular flexibility index (Phi) is 10.8. The standard InChI is InChI=1S/C29H33Cl2N3O4S/c1-4-5-17-32-29(36)22(3)33(19-23-12-10-9-11-21(23)2)28(35)20-34(24-15-16-26(30)27(31)18-24)39(37,38)25-13-7-6-8-14-25/h6-16,18,22H,4-5,17,19-20H2,1-3H3,(H,32,36). The maximum absolute atomic E-state index is 13.9. The molecule has 2 amide bonds. The summed E-state index contributed by atoms with van der Waals surface area (Å²) < 4.78 is 28.6. The van der Waals surface area contributed by atoms with Crippen LogP contribution in [0.1, 0.15) is 37.8 Å². The third-order valence-electron chi connectivity index (χ3n) is 6.40. The number of aryl methyl sites for hydroxylation is 1. The lowest BCUT2D eigenvalue weighted by Gasteiger charge is -2.32. The largest absolute Gasteiger partial charge is 0.354 e. The molecule has 3 rings (SSSR count). The summed E-state index contributed by atoms with van der Waals surface area (Å²) in [6.45, 7) is 5.67. The van der Waals surface area contributed by atoms with Gasteiger partial charge in [0.15, 0.2) is 0 Å². The Balaban J connectivity index is 2.02. The SMILES string of the molecule is CCCCNC(=O)C(C)N(Cc1ccccc1C)C(=O)CN(c1ccc(Cl)c(Cl)c1)S(=O)(=O)c1ccccc1. The predicted molar refractivity (Wildman–Crippen MR) is 157 cm³/mol. The van der Waals surface area contributed by atoms with Crippen molar-refractivity contribution in [3.05, 3.63) is 94.0 Å². The lowest BCUT2D eigenvalue weighted by atomic mass is 10.1. The maximum atomic E-state index is 13.9. The van der Waals surface area contributed by atoms with E-state index in [1.807, 2.05) is 38.1 Å². The van der Waals surface area contributed by atoms with E-state index < -0.39 is 28.5 Å².